The first-order valence-electron chi connectivity index (χ1n) is 5.38. The van der Waals surface area contributed by atoms with Crippen molar-refractivity contribution >= 4 is 23.6 Å². The Morgan fingerprint density at radius 1 is 1.59 bits per heavy atom. The number of ether oxygens (including phenoxy) is 1. The molecule has 1 atom stereocenters. The van der Waals surface area contributed by atoms with Gasteiger partial charge in [-0.1, -0.05) is 19.9 Å². The second-order valence-electron chi connectivity index (χ2n) is 3.60. The minimum Gasteiger partial charge on any atom is -0.465 e. The number of hydrogen-bond acceptors (Lipinski definition) is 4. The van der Waals surface area contributed by atoms with Crippen LogP contribution in [0.4, 0.5) is 10.1 Å². The van der Waals surface area contributed by atoms with Gasteiger partial charge in [0, 0.05) is 5.25 Å². The number of anilines is 1. The molecule has 0 radical (unpaired) electrons. The van der Waals surface area contributed by atoms with E-state index in [9.17, 15) is 9.18 Å². The lowest BCUT2D eigenvalue weighted by Crippen LogP contribution is -2.07. The maximum absolute atomic E-state index is 13.9. The molecule has 0 aliphatic rings. The molecular weight excluding hydrogens is 241 g/mol. The van der Waals surface area contributed by atoms with E-state index >= 15 is 0 Å². The summed E-state index contributed by atoms with van der Waals surface area (Å²) in [4.78, 5) is 11.3. The second-order valence-corrected chi connectivity index (χ2v) is 4.84. The van der Waals surface area contributed by atoms with Crippen molar-refractivity contribution in [2.45, 2.75) is 25.5 Å². The average Bonchev–Trinajstić information content (AvgIpc) is 2.36. The maximum atomic E-state index is 13.9. The van der Waals surface area contributed by atoms with E-state index in [2.05, 4.69) is 16.4 Å². The van der Waals surface area contributed by atoms with Crippen LogP contribution in [-0.2, 0) is 4.74 Å². The zero-order chi connectivity index (χ0) is 12.8. The van der Waals surface area contributed by atoms with E-state index in [0.29, 0.717) is 10.9 Å². The van der Waals surface area contributed by atoms with Crippen molar-refractivity contribution in [3.05, 3.63) is 29.6 Å². The molecule has 5 heteroatoms. The number of esters is 1. The van der Waals surface area contributed by atoms with Crippen LogP contribution in [0.15, 0.2) is 18.2 Å². The summed E-state index contributed by atoms with van der Waals surface area (Å²) in [7, 11) is 1.23. The highest BCUT2D eigenvalue weighted by molar-refractivity contribution is 8.01. The monoisotopic (exact) mass is 257 g/mol. The van der Waals surface area contributed by atoms with E-state index in [1.54, 1.807) is 12.1 Å². The predicted molar refractivity (Wildman–Crippen MR) is 68.7 cm³/mol. The molecule has 17 heavy (non-hydrogen) atoms. The summed E-state index contributed by atoms with van der Waals surface area (Å²) >= 11 is 1.43. The molecule has 0 aromatic heterocycles. The van der Waals surface area contributed by atoms with Crippen LogP contribution in [0.25, 0.3) is 0 Å². The zero-order valence-electron chi connectivity index (χ0n) is 10.1. The summed E-state index contributed by atoms with van der Waals surface area (Å²) in [5, 5.41) is 0.371. The standard InChI is InChI=1S/C12H16FNO2S/c1-4-8(2)17-14-10-7-5-6-9(11(10)13)12(15)16-3/h5-8,14H,4H2,1-3H3. The highest BCUT2D eigenvalue weighted by Crippen LogP contribution is 2.23. The fourth-order valence-electron chi connectivity index (χ4n) is 1.13. The highest BCUT2D eigenvalue weighted by atomic mass is 32.2. The van der Waals surface area contributed by atoms with E-state index in [-0.39, 0.29) is 5.56 Å². The Labute approximate surface area is 105 Å². The van der Waals surface area contributed by atoms with Crippen molar-refractivity contribution in [3.8, 4) is 0 Å². The number of benzene rings is 1. The summed E-state index contributed by atoms with van der Waals surface area (Å²) in [5.74, 6) is -1.24. The molecule has 0 spiro atoms. The minimum absolute atomic E-state index is 0.0535. The van der Waals surface area contributed by atoms with Crippen LogP contribution in [0.3, 0.4) is 0 Å². The molecule has 0 heterocycles. The van der Waals surface area contributed by atoms with Crippen molar-refractivity contribution in [1.29, 1.82) is 0 Å². The van der Waals surface area contributed by atoms with Crippen molar-refractivity contribution in [2.24, 2.45) is 0 Å². The third kappa shape index (κ3) is 3.63. The number of rotatable bonds is 5. The quantitative estimate of drug-likeness (QED) is 0.647. The van der Waals surface area contributed by atoms with Crippen LogP contribution >= 0.6 is 11.9 Å². The molecule has 0 fully saturated rings. The van der Waals surface area contributed by atoms with E-state index in [0.717, 1.165) is 6.42 Å². The topological polar surface area (TPSA) is 38.3 Å². The van der Waals surface area contributed by atoms with Gasteiger partial charge in [-0.25, -0.2) is 9.18 Å². The first-order chi connectivity index (χ1) is 8.10. The van der Waals surface area contributed by atoms with Gasteiger partial charge in [0.25, 0.3) is 0 Å². The number of methoxy groups -OCH3 is 1. The summed E-state index contributed by atoms with van der Waals surface area (Å²) < 4.78 is 21.3. The second kappa shape index (κ2) is 6.49. The molecule has 0 saturated heterocycles. The van der Waals surface area contributed by atoms with E-state index in [1.165, 1.54) is 25.1 Å². The Morgan fingerprint density at radius 3 is 2.88 bits per heavy atom. The van der Waals surface area contributed by atoms with E-state index < -0.39 is 11.8 Å². The van der Waals surface area contributed by atoms with Crippen molar-refractivity contribution in [2.75, 3.05) is 11.8 Å². The van der Waals surface area contributed by atoms with Crippen molar-refractivity contribution in [3.63, 3.8) is 0 Å². The Kier molecular flexibility index (Phi) is 5.28. The van der Waals surface area contributed by atoms with Gasteiger partial charge in [-0.05, 0) is 30.5 Å². The lowest BCUT2D eigenvalue weighted by atomic mass is 10.2. The molecule has 0 aliphatic heterocycles. The SMILES string of the molecule is CCC(C)SNc1cccc(C(=O)OC)c1F. The van der Waals surface area contributed by atoms with Crippen LogP contribution in [0.5, 0.6) is 0 Å². The molecule has 1 rings (SSSR count). The maximum Gasteiger partial charge on any atom is 0.340 e. The number of nitrogens with one attached hydrogen (secondary N) is 1. The lowest BCUT2D eigenvalue weighted by molar-refractivity contribution is 0.0595. The van der Waals surface area contributed by atoms with Crippen LogP contribution < -0.4 is 4.72 Å². The fourth-order valence-corrected chi connectivity index (χ4v) is 1.78. The average molecular weight is 257 g/mol. The summed E-state index contributed by atoms with van der Waals surface area (Å²) in [6.07, 6.45) is 0.982. The Balaban J connectivity index is 2.83. The minimum atomic E-state index is -0.667. The molecule has 1 N–H and O–H groups in total. The lowest BCUT2D eigenvalue weighted by Gasteiger charge is -2.12. The molecule has 94 valence electrons. The first-order valence-corrected chi connectivity index (χ1v) is 6.26. The van der Waals surface area contributed by atoms with Crippen LogP contribution in [0, 0.1) is 5.82 Å². The third-order valence-corrected chi connectivity index (χ3v) is 3.42. The van der Waals surface area contributed by atoms with Gasteiger partial charge in [-0.15, -0.1) is 0 Å². The molecule has 0 bridgehead atoms. The Bertz CT molecular complexity index is 398. The number of hydrogen-bond donors (Lipinski definition) is 1. The predicted octanol–water partition coefficient (Wildman–Crippen LogP) is 3.47. The molecule has 0 saturated carbocycles. The molecule has 1 aromatic carbocycles. The molecule has 1 unspecified atom stereocenters. The van der Waals surface area contributed by atoms with Gasteiger partial charge in [-0.3, -0.25) is 0 Å². The Hall–Kier alpha value is -1.23. The summed E-state index contributed by atoms with van der Waals surface area (Å²) in [5.41, 5.74) is 0.250. The van der Waals surface area contributed by atoms with Crippen molar-refractivity contribution < 1.29 is 13.9 Å². The normalized spacial score (nSPS) is 12.0. The smallest absolute Gasteiger partial charge is 0.340 e. The van der Waals surface area contributed by atoms with Crippen LogP contribution in [-0.4, -0.2) is 18.3 Å². The molecule has 3 nitrogen and oxygen atoms in total. The Morgan fingerprint density at radius 2 is 2.29 bits per heavy atom. The van der Waals surface area contributed by atoms with E-state index in [1.807, 2.05) is 6.92 Å². The van der Waals surface area contributed by atoms with E-state index in [4.69, 9.17) is 0 Å². The highest BCUT2D eigenvalue weighted by Gasteiger charge is 2.15. The molecular formula is C12H16FNO2S. The van der Waals surface area contributed by atoms with Crippen molar-refractivity contribution in [1.82, 2.24) is 0 Å². The van der Waals surface area contributed by atoms with Gasteiger partial charge in [0.15, 0.2) is 5.82 Å². The number of carbonyl (C=O) groups excluding carboxylic acids is 1. The van der Waals surface area contributed by atoms with Crippen LogP contribution in [0.2, 0.25) is 0 Å². The molecule has 1 aromatic rings. The van der Waals surface area contributed by atoms with Gasteiger partial charge in [0.1, 0.15) is 0 Å². The molecule has 0 aliphatic carbocycles. The summed E-state index contributed by atoms with van der Waals surface area (Å²) in [6, 6.07) is 4.62. The number of carbonyl (C=O) groups is 1. The van der Waals surface area contributed by atoms with Gasteiger partial charge in [-0.2, -0.15) is 0 Å². The molecule has 0 amide bonds. The third-order valence-electron chi connectivity index (χ3n) is 2.35. The van der Waals surface area contributed by atoms with Gasteiger partial charge >= 0.3 is 5.97 Å². The van der Waals surface area contributed by atoms with Gasteiger partial charge in [0.2, 0.25) is 0 Å². The van der Waals surface area contributed by atoms with Crippen LogP contribution in [0.1, 0.15) is 30.6 Å². The largest absolute Gasteiger partial charge is 0.465 e. The van der Waals surface area contributed by atoms with Gasteiger partial charge in [0.05, 0.1) is 18.4 Å². The first kappa shape index (κ1) is 13.8. The zero-order valence-corrected chi connectivity index (χ0v) is 10.9. The summed E-state index contributed by atoms with van der Waals surface area (Å²) in [6.45, 7) is 4.10. The fraction of sp³-hybridized carbons (Fsp3) is 0.417. The number of halogens is 1. The van der Waals surface area contributed by atoms with Gasteiger partial charge < -0.3 is 9.46 Å².